The largest absolute Gasteiger partial charge is 0.469 e. The molecule has 1 aliphatic rings. The molecule has 0 aliphatic heterocycles. The van der Waals surface area contributed by atoms with Crippen molar-refractivity contribution in [2.75, 3.05) is 13.7 Å². The molecule has 0 amide bonds. The molecule has 198 valence electrons. The molecule has 0 heterocycles. The van der Waals surface area contributed by atoms with Gasteiger partial charge in [-0.05, 0) is 60.9 Å². The second kappa shape index (κ2) is 12.4. The first-order valence-corrected chi connectivity index (χ1v) is 16.3. The highest BCUT2D eigenvalue weighted by Gasteiger charge is 2.48. The number of methoxy groups -OCH3 is 1. The van der Waals surface area contributed by atoms with Crippen molar-refractivity contribution in [3.63, 3.8) is 0 Å². The van der Waals surface area contributed by atoms with Crippen molar-refractivity contribution in [1.82, 2.24) is 0 Å². The Morgan fingerprint density at radius 3 is 2.31 bits per heavy atom. The van der Waals surface area contributed by atoms with Gasteiger partial charge in [-0.25, -0.2) is 0 Å². The first kappa shape index (κ1) is 30.1. The molecule has 0 radical (unpaired) electrons. The van der Waals surface area contributed by atoms with Gasteiger partial charge in [0.05, 0.1) is 19.8 Å². The van der Waals surface area contributed by atoms with Crippen molar-refractivity contribution in [3.8, 4) is 0 Å². The number of rotatable bonds is 11. The Balaban J connectivity index is 2.26. The number of ether oxygens (including phenoxy) is 1. The minimum Gasteiger partial charge on any atom is -0.469 e. The van der Waals surface area contributed by atoms with Gasteiger partial charge < -0.3 is 14.3 Å². The van der Waals surface area contributed by atoms with E-state index in [-0.39, 0.29) is 46.3 Å². The number of benzene rings is 1. The highest BCUT2D eigenvalue weighted by molar-refractivity contribution is 6.74. The van der Waals surface area contributed by atoms with E-state index in [9.17, 15) is 9.90 Å². The van der Waals surface area contributed by atoms with E-state index in [4.69, 9.17) is 20.8 Å². The minimum absolute atomic E-state index is 0.0445. The maximum atomic E-state index is 11.3. The van der Waals surface area contributed by atoms with E-state index in [1.807, 2.05) is 0 Å². The van der Waals surface area contributed by atoms with Crippen LogP contribution in [0.5, 0.6) is 0 Å². The molecule has 1 saturated carbocycles. The van der Waals surface area contributed by atoms with E-state index in [2.05, 4.69) is 84.1 Å². The van der Waals surface area contributed by atoms with Crippen LogP contribution in [0.15, 0.2) is 36.4 Å². The first-order chi connectivity index (χ1) is 16.2. The third kappa shape index (κ3) is 7.92. The summed E-state index contributed by atoms with van der Waals surface area (Å²) in [5, 5.41) is 9.96. The molecule has 2 rings (SSSR count). The van der Waals surface area contributed by atoms with Crippen LogP contribution < -0.4 is 0 Å². The molecule has 1 fully saturated rings. The van der Waals surface area contributed by atoms with Crippen molar-refractivity contribution in [3.05, 3.63) is 47.5 Å². The van der Waals surface area contributed by atoms with Crippen LogP contribution in [-0.2, 0) is 19.4 Å². The van der Waals surface area contributed by atoms with E-state index in [0.717, 1.165) is 31.2 Å². The average molecular weight is 523 g/mol. The van der Waals surface area contributed by atoms with Gasteiger partial charge >= 0.3 is 5.97 Å². The second-order valence-electron chi connectivity index (χ2n) is 12.2. The van der Waals surface area contributed by atoms with Crippen molar-refractivity contribution in [1.29, 1.82) is 0 Å². The van der Waals surface area contributed by atoms with E-state index in [1.165, 1.54) is 12.7 Å². The van der Waals surface area contributed by atoms with E-state index < -0.39 is 8.32 Å². The summed E-state index contributed by atoms with van der Waals surface area (Å²) in [6.45, 7) is 15.7. The van der Waals surface area contributed by atoms with E-state index in [1.54, 1.807) is 0 Å². The van der Waals surface area contributed by atoms with Gasteiger partial charge in [0.15, 0.2) is 8.32 Å². The van der Waals surface area contributed by atoms with Crippen LogP contribution in [-0.4, -0.2) is 44.6 Å². The second-order valence-corrected chi connectivity index (χ2v) is 17.5. The molecule has 1 aliphatic carbocycles. The Kier molecular flexibility index (Phi) is 10.7. The Bertz CT molecular complexity index is 841. The molecule has 0 aromatic heterocycles. The van der Waals surface area contributed by atoms with Gasteiger partial charge in [-0.1, -0.05) is 71.0 Å². The van der Waals surface area contributed by atoms with E-state index >= 15 is 0 Å². The third-order valence-electron chi connectivity index (χ3n) is 8.06. The molecule has 0 saturated heterocycles. The van der Waals surface area contributed by atoms with Gasteiger partial charge in [-0.15, -0.1) is 11.6 Å². The summed E-state index contributed by atoms with van der Waals surface area (Å²) in [7, 11) is -0.538. The summed E-state index contributed by atoms with van der Waals surface area (Å²) < 4.78 is 11.7. The standard InChI is InChI=1S/C29H47ClO4Si/c1-28(2,3)35(7,8)34-25-19-24(30)23(13-11-9-10-12-14-26(32)33-6)27(25)21-15-17-22(18-16-21)29(4,5)20-31/h9,11,15-18,23-25,27,31H,10,12-14,19-20H2,1-8H3/b11-9-/t23?,24-,25-,27-/m1/s1. The molecule has 4 nitrogen and oxygen atoms in total. The maximum absolute atomic E-state index is 11.3. The van der Waals surface area contributed by atoms with Crippen LogP contribution in [0.2, 0.25) is 18.1 Å². The summed E-state index contributed by atoms with van der Waals surface area (Å²) in [4.78, 5) is 11.3. The van der Waals surface area contributed by atoms with Crippen LogP contribution in [0.25, 0.3) is 0 Å². The minimum atomic E-state index is -1.97. The number of halogens is 1. The van der Waals surface area contributed by atoms with Crippen LogP contribution in [0.4, 0.5) is 0 Å². The number of aliphatic hydroxyl groups is 1. The lowest BCUT2D eigenvalue weighted by Crippen LogP contribution is -2.44. The van der Waals surface area contributed by atoms with Crippen LogP contribution in [0, 0.1) is 5.92 Å². The summed E-state index contributed by atoms with van der Waals surface area (Å²) >= 11 is 6.99. The normalized spacial score (nSPS) is 23.7. The fraction of sp³-hybridized carbons (Fsp3) is 0.690. The topological polar surface area (TPSA) is 55.8 Å². The number of hydrogen-bond acceptors (Lipinski definition) is 4. The SMILES string of the molecule is COC(=O)CCC/C=C\CC1[C@H](Cl)C[C@@H](O[Si](C)(C)C(C)(C)C)[C@@H]1c1ccc(C(C)(C)CO)cc1. The molecule has 0 bridgehead atoms. The first-order valence-electron chi connectivity index (χ1n) is 13.0. The monoisotopic (exact) mass is 522 g/mol. The fourth-order valence-electron chi connectivity index (χ4n) is 4.56. The quantitative estimate of drug-likeness (QED) is 0.108. The molecule has 4 atom stereocenters. The lowest BCUT2D eigenvalue weighted by atomic mass is 9.81. The van der Waals surface area contributed by atoms with Gasteiger partial charge in [0.1, 0.15) is 0 Å². The Morgan fingerprint density at radius 2 is 1.77 bits per heavy atom. The number of carbonyl (C=O) groups is 1. The molecular weight excluding hydrogens is 476 g/mol. The van der Waals surface area contributed by atoms with Gasteiger partial charge in [-0.2, -0.15) is 0 Å². The molecule has 1 aromatic rings. The lowest BCUT2D eigenvalue weighted by molar-refractivity contribution is -0.140. The maximum Gasteiger partial charge on any atom is 0.305 e. The van der Waals surface area contributed by atoms with Gasteiger partial charge in [0.2, 0.25) is 0 Å². The number of hydrogen-bond donors (Lipinski definition) is 1. The average Bonchev–Trinajstić information content (AvgIpc) is 3.09. The Labute approximate surface area is 219 Å². The molecular formula is C29H47ClO4Si. The number of alkyl halides is 1. The summed E-state index contributed by atoms with van der Waals surface area (Å²) in [5.41, 5.74) is 2.12. The Morgan fingerprint density at radius 1 is 1.14 bits per heavy atom. The molecule has 0 spiro atoms. The zero-order valence-electron chi connectivity index (χ0n) is 23.1. The van der Waals surface area contributed by atoms with Crippen LogP contribution in [0.3, 0.4) is 0 Å². The molecule has 35 heavy (non-hydrogen) atoms. The van der Waals surface area contributed by atoms with Crippen molar-refractivity contribution < 1.29 is 19.1 Å². The number of aliphatic hydroxyl groups excluding tert-OH is 1. The zero-order valence-corrected chi connectivity index (χ0v) is 24.8. The van der Waals surface area contributed by atoms with Crippen molar-refractivity contribution >= 4 is 25.9 Å². The molecule has 1 aromatic carbocycles. The predicted molar refractivity (Wildman–Crippen MR) is 149 cm³/mol. The third-order valence-corrected chi connectivity index (χ3v) is 13.1. The van der Waals surface area contributed by atoms with Crippen LogP contribution in [0.1, 0.15) is 83.8 Å². The smallest absolute Gasteiger partial charge is 0.305 e. The molecule has 6 heteroatoms. The zero-order chi connectivity index (χ0) is 26.4. The van der Waals surface area contributed by atoms with Gasteiger partial charge in [-0.3, -0.25) is 4.79 Å². The highest BCUT2D eigenvalue weighted by Crippen LogP contribution is 2.49. The van der Waals surface area contributed by atoms with E-state index in [0.29, 0.717) is 6.42 Å². The summed E-state index contributed by atoms with van der Waals surface area (Å²) in [6.07, 6.45) is 8.31. The number of esters is 1. The van der Waals surface area contributed by atoms with Gasteiger partial charge in [0, 0.05) is 23.1 Å². The molecule has 1 unspecified atom stereocenters. The summed E-state index contributed by atoms with van der Waals surface area (Å²) in [6, 6.07) is 8.72. The summed E-state index contributed by atoms with van der Waals surface area (Å²) in [5.74, 6) is 0.339. The highest BCUT2D eigenvalue weighted by atomic mass is 35.5. The van der Waals surface area contributed by atoms with Crippen molar-refractivity contribution in [2.24, 2.45) is 5.92 Å². The van der Waals surface area contributed by atoms with Crippen LogP contribution >= 0.6 is 11.6 Å². The lowest BCUT2D eigenvalue weighted by Gasteiger charge is -2.40. The Hall–Kier alpha value is -1.14. The number of carbonyl (C=O) groups excluding carboxylic acids is 1. The van der Waals surface area contributed by atoms with Gasteiger partial charge in [0.25, 0.3) is 0 Å². The molecule has 1 N–H and O–H groups in total. The predicted octanol–water partition coefficient (Wildman–Crippen LogP) is 7.35. The fourth-order valence-corrected chi connectivity index (χ4v) is 6.35. The number of unbranched alkanes of at least 4 members (excludes halogenated alkanes) is 1. The number of allylic oxidation sites excluding steroid dienone is 2. The van der Waals surface area contributed by atoms with Crippen molar-refractivity contribution in [2.45, 2.75) is 108 Å².